The monoisotopic (exact) mass is 520 g/mol. The van der Waals surface area contributed by atoms with Gasteiger partial charge in [0.25, 0.3) is 0 Å². The van der Waals surface area contributed by atoms with E-state index in [1.165, 1.54) is 4.68 Å². The van der Waals surface area contributed by atoms with Crippen molar-refractivity contribution >= 4 is 23.9 Å². The van der Waals surface area contributed by atoms with E-state index < -0.39 is 60.1 Å². The molecular formula is C24H28N2O11. The number of nitrogens with zero attached hydrogens (tertiary/aromatic N) is 2. The van der Waals surface area contributed by atoms with Crippen LogP contribution in [0.1, 0.15) is 26.5 Å². The summed E-state index contributed by atoms with van der Waals surface area (Å²) < 4.78 is 35.2. The van der Waals surface area contributed by atoms with Crippen LogP contribution in [0.2, 0.25) is 0 Å². The third kappa shape index (κ3) is 5.82. The van der Waals surface area contributed by atoms with Crippen molar-refractivity contribution in [3.63, 3.8) is 0 Å². The topological polar surface area (TPSA) is 151 Å². The summed E-state index contributed by atoms with van der Waals surface area (Å²) in [5.41, 5.74) is 0.353. The number of hydrogen-bond donors (Lipinski definition) is 0. The number of carbonyl (C=O) groups is 4. The lowest BCUT2D eigenvalue weighted by Gasteiger charge is -2.42. The first-order valence-electron chi connectivity index (χ1n) is 11.2. The largest absolute Gasteiger partial charge is 0.467 e. The molecule has 0 N–H and O–H groups in total. The maximum absolute atomic E-state index is 13.4. The zero-order chi connectivity index (χ0) is 27.4. The van der Waals surface area contributed by atoms with E-state index >= 15 is 0 Å². The number of methoxy groups -OCH3 is 1. The van der Waals surface area contributed by atoms with Gasteiger partial charge in [-0.25, -0.2) is 9.48 Å². The van der Waals surface area contributed by atoms with Crippen LogP contribution in [0.25, 0.3) is 5.69 Å². The van der Waals surface area contributed by atoms with Crippen LogP contribution in [0.4, 0.5) is 0 Å². The Kier molecular flexibility index (Phi) is 8.38. The van der Waals surface area contributed by atoms with E-state index in [4.69, 9.17) is 28.4 Å². The zero-order valence-electron chi connectivity index (χ0n) is 21.2. The molecule has 0 saturated carbocycles. The van der Waals surface area contributed by atoms with Gasteiger partial charge in [0.05, 0.1) is 18.5 Å². The number of benzene rings is 1. The minimum absolute atomic E-state index is 0.176. The molecule has 2 aromatic rings. The fourth-order valence-corrected chi connectivity index (χ4v) is 3.97. The highest BCUT2D eigenvalue weighted by atomic mass is 16.7. The number of esters is 4. The fourth-order valence-electron chi connectivity index (χ4n) is 3.97. The van der Waals surface area contributed by atoms with Gasteiger partial charge in [0.2, 0.25) is 18.1 Å². The molecule has 0 radical (unpaired) electrons. The van der Waals surface area contributed by atoms with Crippen LogP contribution in [0, 0.1) is 6.92 Å². The zero-order valence-corrected chi connectivity index (χ0v) is 21.2. The van der Waals surface area contributed by atoms with Gasteiger partial charge in [0, 0.05) is 27.8 Å². The summed E-state index contributed by atoms with van der Waals surface area (Å²) in [6, 6.07) is 8.74. The highest BCUT2D eigenvalue weighted by Gasteiger charge is 2.56. The molecule has 200 valence electrons. The van der Waals surface area contributed by atoms with Gasteiger partial charge in [-0.15, -0.1) is 0 Å². The van der Waals surface area contributed by atoms with Gasteiger partial charge in [0.1, 0.15) is 0 Å². The van der Waals surface area contributed by atoms with Crippen LogP contribution < -0.4 is 10.3 Å². The Bertz CT molecular complexity index is 1230. The number of rotatable bonds is 7. The SMILES string of the molecule is COC(=O)[C@H]1O[C@@H](Oc2c(C)n(C)n(-c3ccccc3)c2=O)[C@H](OC(C)=O)[C@@H](OC(C)=O)[C@@H]1OC(C)=O. The lowest BCUT2D eigenvalue weighted by molar-refractivity contribution is -0.282. The second-order valence-electron chi connectivity index (χ2n) is 8.18. The number of para-hydroxylation sites is 1. The minimum atomic E-state index is -1.64. The van der Waals surface area contributed by atoms with E-state index in [0.717, 1.165) is 27.9 Å². The highest BCUT2D eigenvalue weighted by Crippen LogP contribution is 2.31. The van der Waals surface area contributed by atoms with Crippen LogP contribution in [0.5, 0.6) is 5.75 Å². The fraction of sp³-hybridized carbons (Fsp3) is 0.458. The van der Waals surface area contributed by atoms with Crippen LogP contribution in [0.3, 0.4) is 0 Å². The Morgan fingerprint density at radius 3 is 1.95 bits per heavy atom. The third-order valence-electron chi connectivity index (χ3n) is 5.57. The standard InChI is InChI=1S/C24H28N2O11/c1-12-17(22(30)26(25(12)5)16-10-8-7-9-11-16)36-24-21(35-15(4)29)19(34-14(3)28)18(33-13(2)27)20(37-24)23(31)32-6/h7-11,18-21,24H,1-6H3/t18-,19-,20-,21+,24+/m0/s1. The average Bonchev–Trinajstić information content (AvgIpc) is 3.04. The Morgan fingerprint density at radius 1 is 0.865 bits per heavy atom. The summed E-state index contributed by atoms with van der Waals surface area (Å²) in [6.07, 6.45) is -7.89. The molecular weight excluding hydrogens is 492 g/mol. The van der Waals surface area contributed by atoms with Gasteiger partial charge < -0.3 is 28.4 Å². The molecule has 1 aromatic heterocycles. The van der Waals surface area contributed by atoms with Gasteiger partial charge >= 0.3 is 29.4 Å². The minimum Gasteiger partial charge on any atom is -0.467 e. The average molecular weight is 520 g/mol. The first kappa shape index (κ1) is 27.5. The highest BCUT2D eigenvalue weighted by molar-refractivity contribution is 5.77. The molecule has 2 heterocycles. The molecule has 5 atom stereocenters. The third-order valence-corrected chi connectivity index (χ3v) is 5.57. The van der Waals surface area contributed by atoms with Gasteiger partial charge in [-0.05, 0) is 19.1 Å². The van der Waals surface area contributed by atoms with Crippen LogP contribution in [0.15, 0.2) is 35.1 Å². The smallest absolute Gasteiger partial charge is 0.339 e. The van der Waals surface area contributed by atoms with Crippen molar-refractivity contribution in [1.29, 1.82) is 0 Å². The molecule has 3 rings (SSSR count). The number of carbonyl (C=O) groups excluding carboxylic acids is 4. The van der Waals surface area contributed by atoms with Crippen molar-refractivity contribution in [2.75, 3.05) is 7.11 Å². The van der Waals surface area contributed by atoms with E-state index in [0.29, 0.717) is 11.4 Å². The van der Waals surface area contributed by atoms with Crippen molar-refractivity contribution in [3.8, 4) is 11.4 Å². The maximum atomic E-state index is 13.4. The van der Waals surface area contributed by atoms with Crippen molar-refractivity contribution in [1.82, 2.24) is 9.36 Å². The van der Waals surface area contributed by atoms with Gasteiger partial charge in [0.15, 0.2) is 18.3 Å². The summed E-state index contributed by atoms with van der Waals surface area (Å²) in [5.74, 6) is -3.63. The number of ether oxygens (including phenoxy) is 6. The molecule has 1 aliphatic rings. The van der Waals surface area contributed by atoms with E-state index in [9.17, 15) is 24.0 Å². The normalized spacial score (nSPS) is 23.0. The number of hydrogen-bond acceptors (Lipinski definition) is 11. The Morgan fingerprint density at radius 2 is 1.41 bits per heavy atom. The summed E-state index contributed by atoms with van der Waals surface area (Å²) in [5, 5.41) is 0. The lowest BCUT2D eigenvalue weighted by atomic mass is 9.97. The van der Waals surface area contributed by atoms with Crippen molar-refractivity contribution < 1.29 is 47.6 Å². The molecule has 0 unspecified atom stereocenters. The predicted octanol–water partition coefficient (Wildman–Crippen LogP) is 0.556. The molecule has 0 bridgehead atoms. The predicted molar refractivity (Wildman–Crippen MR) is 124 cm³/mol. The van der Waals surface area contributed by atoms with Gasteiger partial charge in [-0.1, -0.05) is 18.2 Å². The molecule has 13 nitrogen and oxygen atoms in total. The molecule has 1 saturated heterocycles. The van der Waals surface area contributed by atoms with E-state index in [1.807, 2.05) is 0 Å². The first-order valence-corrected chi connectivity index (χ1v) is 11.2. The summed E-state index contributed by atoms with van der Waals surface area (Å²) in [4.78, 5) is 61.7. The summed E-state index contributed by atoms with van der Waals surface area (Å²) >= 11 is 0. The molecule has 1 aliphatic heterocycles. The summed E-state index contributed by atoms with van der Waals surface area (Å²) in [7, 11) is 2.71. The van der Waals surface area contributed by atoms with E-state index in [2.05, 4.69) is 0 Å². The second-order valence-corrected chi connectivity index (χ2v) is 8.18. The first-order chi connectivity index (χ1) is 17.5. The quantitative estimate of drug-likeness (QED) is 0.372. The molecule has 37 heavy (non-hydrogen) atoms. The Hall–Kier alpha value is -4.13. The maximum Gasteiger partial charge on any atom is 0.339 e. The molecule has 0 amide bonds. The Labute approximate surface area is 211 Å². The van der Waals surface area contributed by atoms with Gasteiger partial charge in [-0.3, -0.25) is 23.9 Å². The Balaban J connectivity index is 2.11. The van der Waals surface area contributed by atoms with E-state index in [-0.39, 0.29) is 5.75 Å². The van der Waals surface area contributed by atoms with Crippen molar-refractivity contribution in [2.45, 2.75) is 58.4 Å². The van der Waals surface area contributed by atoms with Gasteiger partial charge in [-0.2, -0.15) is 0 Å². The van der Waals surface area contributed by atoms with Crippen LogP contribution in [-0.4, -0.2) is 71.1 Å². The summed E-state index contributed by atoms with van der Waals surface area (Å²) in [6.45, 7) is 4.85. The molecule has 1 aromatic carbocycles. The van der Waals surface area contributed by atoms with Crippen molar-refractivity contribution in [3.05, 3.63) is 46.4 Å². The lowest BCUT2D eigenvalue weighted by Crippen LogP contribution is -2.64. The molecule has 0 spiro atoms. The molecule has 1 fully saturated rings. The van der Waals surface area contributed by atoms with Crippen molar-refractivity contribution in [2.24, 2.45) is 7.05 Å². The number of aromatic nitrogens is 2. The van der Waals surface area contributed by atoms with E-state index in [1.54, 1.807) is 49.0 Å². The molecule has 13 heteroatoms. The van der Waals surface area contributed by atoms with Crippen LogP contribution in [-0.2, 0) is 49.9 Å². The van der Waals surface area contributed by atoms with Crippen LogP contribution >= 0.6 is 0 Å². The molecule has 0 aliphatic carbocycles. The second kappa shape index (κ2) is 11.3.